The first kappa shape index (κ1) is 14.9. The van der Waals surface area contributed by atoms with E-state index in [0.717, 1.165) is 6.42 Å². The normalized spacial score (nSPS) is 14.6. The Morgan fingerprint density at radius 1 is 1.25 bits per heavy atom. The van der Waals surface area contributed by atoms with Crippen LogP contribution in [0.1, 0.15) is 34.1 Å². The molecule has 0 spiro atoms. The van der Waals surface area contributed by atoms with Crippen LogP contribution < -0.4 is 10.6 Å². The summed E-state index contributed by atoms with van der Waals surface area (Å²) in [5.41, 5.74) is 0. The molecule has 0 aromatic rings. The van der Waals surface area contributed by atoms with Crippen molar-refractivity contribution in [2.45, 2.75) is 46.2 Å². The molecular weight excluding hydrogens is 208 g/mol. The van der Waals surface area contributed by atoms with Crippen LogP contribution in [-0.4, -0.2) is 35.6 Å². The Morgan fingerprint density at radius 2 is 1.81 bits per heavy atom. The highest BCUT2D eigenvalue weighted by atomic mass is 16.4. The van der Waals surface area contributed by atoms with Gasteiger partial charge in [0.2, 0.25) is 5.91 Å². The van der Waals surface area contributed by atoms with Crippen molar-refractivity contribution in [2.24, 2.45) is 5.92 Å². The Morgan fingerprint density at radius 3 is 2.19 bits per heavy atom. The van der Waals surface area contributed by atoms with Gasteiger partial charge in [-0.15, -0.1) is 0 Å². The van der Waals surface area contributed by atoms with Gasteiger partial charge in [0.25, 0.3) is 0 Å². The van der Waals surface area contributed by atoms with E-state index in [4.69, 9.17) is 5.11 Å². The Labute approximate surface area is 96.6 Å². The van der Waals surface area contributed by atoms with Gasteiger partial charge in [0.15, 0.2) is 0 Å². The van der Waals surface area contributed by atoms with Crippen LogP contribution in [0.25, 0.3) is 0 Å². The number of hydrogen-bond donors (Lipinski definition) is 3. The van der Waals surface area contributed by atoms with E-state index in [-0.39, 0.29) is 18.5 Å². The highest BCUT2D eigenvalue weighted by molar-refractivity contribution is 5.82. The zero-order chi connectivity index (χ0) is 12.7. The fourth-order valence-corrected chi connectivity index (χ4v) is 1.55. The van der Waals surface area contributed by atoms with E-state index in [1.54, 1.807) is 0 Å². The lowest BCUT2D eigenvalue weighted by molar-refractivity contribution is -0.141. The summed E-state index contributed by atoms with van der Waals surface area (Å²) in [5.74, 6) is -0.781. The van der Waals surface area contributed by atoms with Gasteiger partial charge in [-0.1, -0.05) is 13.8 Å². The van der Waals surface area contributed by atoms with E-state index in [1.807, 2.05) is 6.92 Å². The van der Waals surface area contributed by atoms with Crippen molar-refractivity contribution in [2.75, 3.05) is 6.54 Å². The van der Waals surface area contributed by atoms with E-state index in [9.17, 15) is 9.59 Å². The maximum absolute atomic E-state index is 10.8. The van der Waals surface area contributed by atoms with Crippen molar-refractivity contribution < 1.29 is 14.7 Å². The lowest BCUT2D eigenvalue weighted by Gasteiger charge is -2.19. The van der Waals surface area contributed by atoms with Gasteiger partial charge in [0.05, 0.1) is 0 Å². The van der Waals surface area contributed by atoms with Crippen molar-refractivity contribution in [1.82, 2.24) is 10.6 Å². The smallest absolute Gasteiger partial charge is 0.327 e. The summed E-state index contributed by atoms with van der Waals surface area (Å²) in [4.78, 5) is 21.6. The molecule has 0 aliphatic carbocycles. The molecule has 16 heavy (non-hydrogen) atoms. The van der Waals surface area contributed by atoms with Gasteiger partial charge >= 0.3 is 5.97 Å². The number of aliphatic carboxylic acids is 1. The van der Waals surface area contributed by atoms with Gasteiger partial charge < -0.3 is 15.7 Å². The molecule has 5 heteroatoms. The topological polar surface area (TPSA) is 78.4 Å². The average molecular weight is 230 g/mol. The number of carboxylic acids is 1. The van der Waals surface area contributed by atoms with E-state index in [0.29, 0.717) is 5.92 Å². The molecule has 2 unspecified atom stereocenters. The molecule has 0 saturated carbocycles. The van der Waals surface area contributed by atoms with Gasteiger partial charge in [-0.3, -0.25) is 4.79 Å². The molecule has 1 amide bonds. The lowest BCUT2D eigenvalue weighted by Crippen LogP contribution is -2.48. The van der Waals surface area contributed by atoms with Crippen molar-refractivity contribution >= 4 is 11.9 Å². The molecule has 0 aliphatic heterocycles. The maximum atomic E-state index is 10.8. The zero-order valence-corrected chi connectivity index (χ0v) is 10.4. The predicted octanol–water partition coefficient (Wildman–Crippen LogP) is 0.600. The van der Waals surface area contributed by atoms with Crippen LogP contribution in [0.15, 0.2) is 0 Å². The Balaban J connectivity index is 4.01. The molecule has 2 atom stereocenters. The first-order chi connectivity index (χ1) is 7.32. The third-order valence-corrected chi connectivity index (χ3v) is 2.17. The minimum absolute atomic E-state index is 0.246. The second kappa shape index (κ2) is 7.22. The van der Waals surface area contributed by atoms with Crippen molar-refractivity contribution in [3.8, 4) is 0 Å². The molecule has 0 aromatic heterocycles. The molecule has 0 fully saturated rings. The van der Waals surface area contributed by atoms with E-state index in [1.165, 1.54) is 6.92 Å². The molecule has 0 saturated heterocycles. The van der Waals surface area contributed by atoms with Crippen LogP contribution in [0.5, 0.6) is 0 Å². The first-order valence-corrected chi connectivity index (χ1v) is 5.56. The molecule has 3 N–H and O–H groups in total. The molecular formula is C11H22N2O3. The number of carbonyl (C=O) groups excluding carboxylic acids is 1. The highest BCUT2D eigenvalue weighted by Crippen LogP contribution is 2.03. The molecule has 0 heterocycles. The number of amides is 1. The molecule has 0 radical (unpaired) electrons. The largest absolute Gasteiger partial charge is 0.480 e. The van der Waals surface area contributed by atoms with Gasteiger partial charge in [-0.05, 0) is 19.3 Å². The zero-order valence-electron chi connectivity index (χ0n) is 10.4. The second-order valence-corrected chi connectivity index (χ2v) is 4.53. The van der Waals surface area contributed by atoms with Crippen molar-refractivity contribution in [3.05, 3.63) is 0 Å². The quantitative estimate of drug-likeness (QED) is 0.598. The monoisotopic (exact) mass is 230 g/mol. The van der Waals surface area contributed by atoms with Crippen LogP contribution in [0.4, 0.5) is 0 Å². The van der Waals surface area contributed by atoms with Crippen LogP contribution in [0.3, 0.4) is 0 Å². The van der Waals surface area contributed by atoms with Gasteiger partial charge in [-0.2, -0.15) is 0 Å². The van der Waals surface area contributed by atoms with Gasteiger partial charge in [0.1, 0.15) is 6.04 Å². The standard InChI is InChI=1S/C11H22N2O3/c1-7(2)5-8(3)12-6-10(11(15)16)13-9(4)14/h7-8,10,12H,5-6H2,1-4H3,(H,13,14)(H,15,16). The molecule has 0 rings (SSSR count). The molecule has 0 aliphatic rings. The summed E-state index contributed by atoms with van der Waals surface area (Å²) < 4.78 is 0. The fourth-order valence-electron chi connectivity index (χ4n) is 1.55. The summed E-state index contributed by atoms with van der Waals surface area (Å²) in [6.07, 6.45) is 0.979. The summed E-state index contributed by atoms with van der Waals surface area (Å²) in [5, 5.41) is 14.4. The molecule has 0 aromatic carbocycles. The number of rotatable bonds is 7. The van der Waals surface area contributed by atoms with Crippen LogP contribution in [0.2, 0.25) is 0 Å². The van der Waals surface area contributed by atoms with E-state index < -0.39 is 12.0 Å². The summed E-state index contributed by atoms with van der Waals surface area (Å²) in [6, 6.07) is -0.609. The van der Waals surface area contributed by atoms with Crippen molar-refractivity contribution in [3.63, 3.8) is 0 Å². The summed E-state index contributed by atoms with van der Waals surface area (Å²) in [6.45, 7) is 7.80. The molecule has 5 nitrogen and oxygen atoms in total. The molecule has 94 valence electrons. The van der Waals surface area contributed by atoms with Crippen molar-refractivity contribution in [1.29, 1.82) is 0 Å². The van der Waals surface area contributed by atoms with E-state index in [2.05, 4.69) is 24.5 Å². The van der Waals surface area contributed by atoms with Crippen LogP contribution >= 0.6 is 0 Å². The third kappa shape index (κ3) is 7.23. The minimum atomic E-state index is -1.01. The highest BCUT2D eigenvalue weighted by Gasteiger charge is 2.18. The van der Waals surface area contributed by atoms with Crippen LogP contribution in [-0.2, 0) is 9.59 Å². The van der Waals surface area contributed by atoms with Crippen LogP contribution in [0, 0.1) is 5.92 Å². The number of hydrogen-bond acceptors (Lipinski definition) is 3. The Kier molecular flexibility index (Phi) is 6.72. The fraction of sp³-hybridized carbons (Fsp3) is 0.818. The van der Waals surface area contributed by atoms with E-state index >= 15 is 0 Å². The number of nitrogens with one attached hydrogen (secondary N) is 2. The first-order valence-electron chi connectivity index (χ1n) is 5.56. The Bertz CT molecular complexity index is 241. The number of carboxylic acid groups (broad SMARTS) is 1. The van der Waals surface area contributed by atoms with Gasteiger partial charge in [0, 0.05) is 19.5 Å². The predicted molar refractivity (Wildman–Crippen MR) is 62.2 cm³/mol. The molecule has 0 bridgehead atoms. The van der Waals surface area contributed by atoms with Gasteiger partial charge in [-0.25, -0.2) is 4.79 Å². The Hall–Kier alpha value is -1.10. The number of carbonyl (C=O) groups is 2. The average Bonchev–Trinajstić information content (AvgIpc) is 2.09. The maximum Gasteiger partial charge on any atom is 0.327 e. The summed E-state index contributed by atoms with van der Waals surface area (Å²) in [7, 11) is 0. The summed E-state index contributed by atoms with van der Waals surface area (Å²) >= 11 is 0. The third-order valence-electron chi connectivity index (χ3n) is 2.17. The minimum Gasteiger partial charge on any atom is -0.480 e. The second-order valence-electron chi connectivity index (χ2n) is 4.53. The lowest BCUT2D eigenvalue weighted by atomic mass is 10.1. The SMILES string of the molecule is CC(=O)NC(CNC(C)CC(C)C)C(=O)O.